The first kappa shape index (κ1) is 7.55. The molecule has 0 spiro atoms. The quantitative estimate of drug-likeness (QED) is 0.625. The fourth-order valence-corrected chi connectivity index (χ4v) is 1.88. The minimum Gasteiger partial charge on any atom is -0.377 e. The normalized spacial score (nSPS) is 29.3. The van der Waals surface area contributed by atoms with Crippen molar-refractivity contribution in [3.05, 3.63) is 0 Å². The molecule has 0 saturated carbocycles. The average Bonchev–Trinajstić information content (AvgIpc) is 1.60. The summed E-state index contributed by atoms with van der Waals surface area (Å²) in [6, 6.07) is 0. The van der Waals surface area contributed by atoms with E-state index in [1.807, 2.05) is 0 Å². The van der Waals surface area contributed by atoms with Crippen LogP contribution in [0.3, 0.4) is 0 Å². The Morgan fingerprint density at radius 1 is 1.78 bits per heavy atom. The zero-order valence-electron chi connectivity index (χ0n) is 5.77. The summed E-state index contributed by atoms with van der Waals surface area (Å²) < 4.78 is 5.30. The van der Waals surface area contributed by atoms with E-state index in [0.717, 1.165) is 6.61 Å². The van der Waals surface area contributed by atoms with Crippen molar-refractivity contribution < 1.29 is 4.74 Å². The summed E-state index contributed by atoms with van der Waals surface area (Å²) in [4.78, 5) is 0.608. The molecule has 0 N–H and O–H groups in total. The molecule has 1 nitrogen and oxygen atoms in total. The third-order valence-corrected chi connectivity index (χ3v) is 2.75. The molecule has 9 heavy (non-hydrogen) atoms. The smallest absolute Gasteiger partial charge is 0.0721 e. The number of alkyl halides is 1. The van der Waals surface area contributed by atoms with E-state index >= 15 is 0 Å². The van der Waals surface area contributed by atoms with Crippen molar-refractivity contribution in [1.82, 2.24) is 0 Å². The molecule has 0 aromatic carbocycles. The van der Waals surface area contributed by atoms with Gasteiger partial charge in [0.2, 0.25) is 0 Å². The minimum absolute atomic E-state index is 0.518. The zero-order chi connectivity index (χ0) is 6.69. The maximum atomic E-state index is 5.30. The summed E-state index contributed by atoms with van der Waals surface area (Å²) in [6.45, 7) is 3.17. The van der Waals surface area contributed by atoms with Crippen molar-refractivity contribution in [2.45, 2.75) is 37.1 Å². The van der Waals surface area contributed by atoms with E-state index < -0.39 is 0 Å². The monoisotopic (exact) mass is 192 g/mol. The van der Waals surface area contributed by atoms with Gasteiger partial charge in [-0.1, -0.05) is 29.3 Å². The molecule has 1 fully saturated rings. The lowest BCUT2D eigenvalue weighted by Gasteiger charge is -2.30. The molecule has 0 aromatic rings. The van der Waals surface area contributed by atoms with Crippen LogP contribution in [0.2, 0.25) is 0 Å². The van der Waals surface area contributed by atoms with Gasteiger partial charge in [0.05, 0.1) is 6.10 Å². The lowest BCUT2D eigenvalue weighted by Crippen LogP contribution is -2.34. The van der Waals surface area contributed by atoms with Gasteiger partial charge in [-0.2, -0.15) is 0 Å². The molecule has 2 heteroatoms. The first-order valence-electron chi connectivity index (χ1n) is 3.60. The predicted molar refractivity (Wildman–Crippen MR) is 42.0 cm³/mol. The minimum atomic E-state index is 0.518. The van der Waals surface area contributed by atoms with Crippen molar-refractivity contribution in [1.29, 1.82) is 0 Å². The van der Waals surface area contributed by atoms with Gasteiger partial charge in [-0.3, -0.25) is 0 Å². The number of hydrogen-bond donors (Lipinski definition) is 0. The van der Waals surface area contributed by atoms with Gasteiger partial charge in [0.15, 0.2) is 0 Å². The van der Waals surface area contributed by atoms with E-state index in [0.29, 0.717) is 10.9 Å². The topological polar surface area (TPSA) is 9.23 Å². The highest BCUT2D eigenvalue weighted by Crippen LogP contribution is 2.24. The van der Waals surface area contributed by atoms with Crippen molar-refractivity contribution in [3.63, 3.8) is 0 Å². The highest BCUT2D eigenvalue weighted by molar-refractivity contribution is 9.09. The molecule has 0 bridgehead atoms. The van der Waals surface area contributed by atoms with Gasteiger partial charge in [-0.25, -0.2) is 0 Å². The van der Waals surface area contributed by atoms with Crippen LogP contribution in [0.25, 0.3) is 0 Å². The van der Waals surface area contributed by atoms with E-state index in [4.69, 9.17) is 4.74 Å². The molecule has 1 heterocycles. The molecular formula is C7H13BrO. The van der Waals surface area contributed by atoms with Crippen LogP contribution < -0.4 is 0 Å². The third-order valence-electron chi connectivity index (χ3n) is 1.70. The number of rotatable bonds is 3. The first-order valence-corrected chi connectivity index (χ1v) is 4.52. The summed E-state index contributed by atoms with van der Waals surface area (Å²) in [7, 11) is 0. The Morgan fingerprint density at radius 2 is 2.44 bits per heavy atom. The number of ether oxygens (including phenoxy) is 1. The average molecular weight is 193 g/mol. The molecular weight excluding hydrogens is 180 g/mol. The van der Waals surface area contributed by atoms with Gasteiger partial charge in [0, 0.05) is 11.4 Å². The second kappa shape index (κ2) is 3.57. The van der Waals surface area contributed by atoms with Gasteiger partial charge in [0.1, 0.15) is 0 Å². The summed E-state index contributed by atoms with van der Waals surface area (Å²) in [6.07, 6.45) is 4.25. The molecule has 2 unspecified atom stereocenters. The Bertz CT molecular complexity index is 81.0. The molecule has 0 aliphatic carbocycles. The van der Waals surface area contributed by atoms with E-state index in [9.17, 15) is 0 Å². The van der Waals surface area contributed by atoms with Crippen LogP contribution in [0.4, 0.5) is 0 Å². The molecule has 1 aliphatic rings. The number of hydrogen-bond acceptors (Lipinski definition) is 1. The lowest BCUT2D eigenvalue weighted by molar-refractivity contribution is -0.0503. The van der Waals surface area contributed by atoms with Crippen LogP contribution in [0, 0.1) is 0 Å². The summed E-state index contributed by atoms with van der Waals surface area (Å²) >= 11 is 3.59. The first-order chi connectivity index (χ1) is 4.34. The van der Waals surface area contributed by atoms with Gasteiger partial charge in [-0.05, 0) is 12.8 Å². The summed E-state index contributed by atoms with van der Waals surface area (Å²) in [5, 5.41) is 0. The zero-order valence-corrected chi connectivity index (χ0v) is 7.36. The molecule has 1 aliphatic heterocycles. The van der Waals surface area contributed by atoms with Gasteiger partial charge in [-0.15, -0.1) is 0 Å². The van der Waals surface area contributed by atoms with E-state index in [-0.39, 0.29) is 0 Å². The maximum absolute atomic E-state index is 5.30. The highest BCUT2D eigenvalue weighted by Gasteiger charge is 2.24. The Kier molecular flexibility index (Phi) is 2.99. The van der Waals surface area contributed by atoms with Gasteiger partial charge < -0.3 is 4.74 Å². The number of halogens is 1. The Labute approximate surface area is 64.9 Å². The largest absolute Gasteiger partial charge is 0.377 e. The van der Waals surface area contributed by atoms with Crippen LogP contribution in [-0.4, -0.2) is 17.5 Å². The fraction of sp³-hybridized carbons (Fsp3) is 1.00. The SMILES string of the molecule is CCCC(Br)C1CCO1. The summed E-state index contributed by atoms with van der Waals surface area (Å²) in [5.41, 5.74) is 0. The highest BCUT2D eigenvalue weighted by atomic mass is 79.9. The second-order valence-electron chi connectivity index (χ2n) is 2.50. The van der Waals surface area contributed by atoms with Crippen LogP contribution in [0.5, 0.6) is 0 Å². The Hall–Kier alpha value is 0.440. The molecule has 0 aromatic heterocycles. The van der Waals surface area contributed by atoms with Gasteiger partial charge >= 0.3 is 0 Å². The van der Waals surface area contributed by atoms with Crippen LogP contribution in [0.15, 0.2) is 0 Å². The van der Waals surface area contributed by atoms with Crippen molar-refractivity contribution in [2.24, 2.45) is 0 Å². The van der Waals surface area contributed by atoms with E-state index in [2.05, 4.69) is 22.9 Å². The molecule has 54 valence electrons. The predicted octanol–water partition coefficient (Wildman–Crippen LogP) is 2.34. The molecule has 2 atom stereocenters. The van der Waals surface area contributed by atoms with Crippen molar-refractivity contribution >= 4 is 15.9 Å². The van der Waals surface area contributed by atoms with Gasteiger partial charge in [0.25, 0.3) is 0 Å². The fourth-order valence-electron chi connectivity index (χ4n) is 1.00. The Balaban J connectivity index is 2.08. The molecule has 0 radical (unpaired) electrons. The van der Waals surface area contributed by atoms with E-state index in [1.54, 1.807) is 0 Å². The maximum Gasteiger partial charge on any atom is 0.0721 e. The van der Waals surface area contributed by atoms with Crippen LogP contribution in [0.1, 0.15) is 26.2 Å². The standard InChI is InChI=1S/C7H13BrO/c1-2-3-6(8)7-4-5-9-7/h6-7H,2-5H2,1H3. The molecule has 1 rings (SSSR count). The van der Waals surface area contributed by atoms with Crippen molar-refractivity contribution in [2.75, 3.05) is 6.61 Å². The van der Waals surface area contributed by atoms with Crippen molar-refractivity contribution in [3.8, 4) is 0 Å². The molecule has 1 saturated heterocycles. The second-order valence-corrected chi connectivity index (χ2v) is 3.68. The molecule has 0 amide bonds. The lowest BCUT2D eigenvalue weighted by atomic mass is 10.1. The third kappa shape index (κ3) is 1.94. The Morgan fingerprint density at radius 3 is 2.78 bits per heavy atom. The summed E-state index contributed by atoms with van der Waals surface area (Å²) in [5.74, 6) is 0. The van der Waals surface area contributed by atoms with Crippen LogP contribution >= 0.6 is 15.9 Å². The van der Waals surface area contributed by atoms with Crippen LogP contribution in [-0.2, 0) is 4.74 Å². The van der Waals surface area contributed by atoms with E-state index in [1.165, 1.54) is 19.3 Å².